The van der Waals surface area contributed by atoms with Crippen molar-refractivity contribution >= 4 is 11.9 Å². The van der Waals surface area contributed by atoms with Gasteiger partial charge < -0.3 is 15.7 Å². The summed E-state index contributed by atoms with van der Waals surface area (Å²) in [4.78, 5) is 24.7. The molecule has 1 aromatic rings. The number of likely N-dealkylation sites (N-methyl/N-ethyl adjacent to an activating group) is 1. The standard InChI is InChI=1S/C15H22N2O3/c1-3-17(11(2)8-15(19)20)14(18)9-12-6-4-5-7-13(12)10-16/h4-7,11H,3,8-10,16H2,1-2H3,(H,19,20). The van der Waals surface area contributed by atoms with E-state index < -0.39 is 5.97 Å². The number of hydrogen-bond acceptors (Lipinski definition) is 3. The lowest BCUT2D eigenvalue weighted by Gasteiger charge is -2.27. The van der Waals surface area contributed by atoms with Gasteiger partial charge in [0.15, 0.2) is 0 Å². The third-order valence-corrected chi connectivity index (χ3v) is 3.34. The normalized spacial score (nSPS) is 11.9. The summed E-state index contributed by atoms with van der Waals surface area (Å²) >= 11 is 0. The van der Waals surface area contributed by atoms with Gasteiger partial charge in [-0.05, 0) is 25.0 Å². The Bertz CT molecular complexity index is 474. The molecular weight excluding hydrogens is 256 g/mol. The van der Waals surface area contributed by atoms with Crippen molar-refractivity contribution < 1.29 is 14.7 Å². The van der Waals surface area contributed by atoms with Gasteiger partial charge >= 0.3 is 5.97 Å². The molecular formula is C15H22N2O3. The summed E-state index contributed by atoms with van der Waals surface area (Å²) in [6.07, 6.45) is 0.212. The summed E-state index contributed by atoms with van der Waals surface area (Å²) in [7, 11) is 0. The van der Waals surface area contributed by atoms with Crippen molar-refractivity contribution in [3.8, 4) is 0 Å². The van der Waals surface area contributed by atoms with Gasteiger partial charge in [0, 0.05) is 19.1 Å². The minimum absolute atomic E-state index is 0.0435. The summed E-state index contributed by atoms with van der Waals surface area (Å²) in [5.41, 5.74) is 7.51. The highest BCUT2D eigenvalue weighted by molar-refractivity contribution is 5.80. The molecule has 0 aliphatic rings. The second kappa shape index (κ2) is 7.65. The van der Waals surface area contributed by atoms with E-state index in [2.05, 4.69) is 0 Å². The smallest absolute Gasteiger partial charge is 0.305 e. The third-order valence-electron chi connectivity index (χ3n) is 3.34. The molecule has 0 saturated heterocycles. The van der Waals surface area contributed by atoms with Crippen LogP contribution in [0.15, 0.2) is 24.3 Å². The molecule has 3 N–H and O–H groups in total. The van der Waals surface area contributed by atoms with Gasteiger partial charge in [0.05, 0.1) is 12.8 Å². The molecule has 0 aromatic heterocycles. The molecule has 1 atom stereocenters. The molecule has 1 aromatic carbocycles. The van der Waals surface area contributed by atoms with Gasteiger partial charge in [-0.2, -0.15) is 0 Å². The van der Waals surface area contributed by atoms with Gasteiger partial charge in [0.2, 0.25) is 5.91 Å². The van der Waals surface area contributed by atoms with Gasteiger partial charge in [-0.25, -0.2) is 0 Å². The van der Waals surface area contributed by atoms with Crippen LogP contribution in [0.5, 0.6) is 0 Å². The number of carboxylic acids is 1. The van der Waals surface area contributed by atoms with Crippen LogP contribution >= 0.6 is 0 Å². The Balaban J connectivity index is 2.79. The number of carboxylic acid groups (broad SMARTS) is 1. The van der Waals surface area contributed by atoms with E-state index in [0.717, 1.165) is 11.1 Å². The maximum Gasteiger partial charge on any atom is 0.305 e. The fraction of sp³-hybridized carbons (Fsp3) is 0.467. The predicted molar refractivity (Wildman–Crippen MR) is 77.1 cm³/mol. The Morgan fingerprint density at radius 3 is 2.40 bits per heavy atom. The van der Waals surface area contributed by atoms with Crippen molar-refractivity contribution in [3.05, 3.63) is 35.4 Å². The minimum Gasteiger partial charge on any atom is -0.481 e. The molecule has 0 aliphatic carbocycles. The lowest BCUT2D eigenvalue weighted by atomic mass is 10.0. The van der Waals surface area contributed by atoms with E-state index in [9.17, 15) is 9.59 Å². The van der Waals surface area contributed by atoms with E-state index in [0.29, 0.717) is 13.1 Å². The topological polar surface area (TPSA) is 83.6 Å². The molecule has 0 bridgehead atoms. The Morgan fingerprint density at radius 2 is 1.90 bits per heavy atom. The summed E-state index contributed by atoms with van der Waals surface area (Å²) < 4.78 is 0. The first-order valence-corrected chi connectivity index (χ1v) is 6.77. The summed E-state index contributed by atoms with van der Waals surface area (Å²) in [6, 6.07) is 7.24. The summed E-state index contributed by atoms with van der Waals surface area (Å²) in [5, 5.41) is 8.83. The highest BCUT2D eigenvalue weighted by Crippen LogP contribution is 2.12. The predicted octanol–water partition coefficient (Wildman–Crippen LogP) is 1.40. The lowest BCUT2D eigenvalue weighted by Crippen LogP contribution is -2.40. The fourth-order valence-corrected chi connectivity index (χ4v) is 2.29. The monoisotopic (exact) mass is 278 g/mol. The van der Waals surface area contributed by atoms with Crippen LogP contribution in [-0.4, -0.2) is 34.5 Å². The molecule has 5 nitrogen and oxygen atoms in total. The van der Waals surface area contributed by atoms with E-state index in [1.807, 2.05) is 31.2 Å². The van der Waals surface area contributed by atoms with Gasteiger partial charge in [-0.1, -0.05) is 24.3 Å². The number of aliphatic carboxylic acids is 1. The van der Waals surface area contributed by atoms with Crippen LogP contribution in [0.3, 0.4) is 0 Å². The maximum absolute atomic E-state index is 12.3. The molecule has 0 spiro atoms. The van der Waals surface area contributed by atoms with E-state index >= 15 is 0 Å². The van der Waals surface area contributed by atoms with Crippen molar-refractivity contribution in [2.45, 2.75) is 39.3 Å². The zero-order chi connectivity index (χ0) is 15.1. The average Bonchev–Trinajstić information content (AvgIpc) is 2.39. The first-order valence-electron chi connectivity index (χ1n) is 6.77. The first-order chi connectivity index (χ1) is 9.49. The van der Waals surface area contributed by atoms with Crippen LogP contribution in [0.4, 0.5) is 0 Å². The molecule has 1 rings (SSSR count). The van der Waals surface area contributed by atoms with Crippen LogP contribution in [-0.2, 0) is 22.6 Å². The Morgan fingerprint density at radius 1 is 1.30 bits per heavy atom. The Kier molecular flexibility index (Phi) is 6.18. The van der Waals surface area contributed by atoms with Gasteiger partial charge in [0.25, 0.3) is 0 Å². The number of nitrogens with zero attached hydrogens (tertiary/aromatic N) is 1. The van der Waals surface area contributed by atoms with Crippen LogP contribution < -0.4 is 5.73 Å². The highest BCUT2D eigenvalue weighted by Gasteiger charge is 2.21. The number of carbonyl (C=O) groups excluding carboxylic acids is 1. The molecule has 0 radical (unpaired) electrons. The zero-order valence-electron chi connectivity index (χ0n) is 12.0. The Labute approximate surface area is 119 Å². The maximum atomic E-state index is 12.3. The highest BCUT2D eigenvalue weighted by atomic mass is 16.4. The molecule has 20 heavy (non-hydrogen) atoms. The second-order valence-corrected chi connectivity index (χ2v) is 4.78. The van der Waals surface area contributed by atoms with Crippen LogP contribution in [0.1, 0.15) is 31.4 Å². The molecule has 0 aliphatic heterocycles. The number of hydrogen-bond donors (Lipinski definition) is 2. The van der Waals surface area contributed by atoms with Crippen LogP contribution in [0.25, 0.3) is 0 Å². The number of rotatable bonds is 7. The minimum atomic E-state index is -0.897. The summed E-state index contributed by atoms with van der Waals surface area (Å²) in [5.74, 6) is -0.965. The molecule has 0 fully saturated rings. The van der Waals surface area contributed by atoms with Crippen molar-refractivity contribution in [1.82, 2.24) is 4.90 Å². The van der Waals surface area contributed by atoms with E-state index in [1.54, 1.807) is 11.8 Å². The summed E-state index contributed by atoms with van der Waals surface area (Å²) in [6.45, 7) is 4.49. The average molecular weight is 278 g/mol. The van der Waals surface area contributed by atoms with E-state index in [-0.39, 0.29) is 24.8 Å². The molecule has 1 unspecified atom stereocenters. The SMILES string of the molecule is CCN(C(=O)Cc1ccccc1CN)C(C)CC(=O)O. The van der Waals surface area contributed by atoms with Gasteiger partial charge in [-0.15, -0.1) is 0 Å². The van der Waals surface area contributed by atoms with Gasteiger partial charge in [-0.3, -0.25) is 9.59 Å². The van der Waals surface area contributed by atoms with E-state index in [1.165, 1.54) is 0 Å². The molecule has 110 valence electrons. The van der Waals surface area contributed by atoms with Crippen molar-refractivity contribution in [1.29, 1.82) is 0 Å². The quantitative estimate of drug-likeness (QED) is 0.789. The molecule has 0 heterocycles. The van der Waals surface area contributed by atoms with Crippen LogP contribution in [0, 0.1) is 0 Å². The Hall–Kier alpha value is -1.88. The first kappa shape index (κ1) is 16.2. The number of benzene rings is 1. The molecule has 5 heteroatoms. The van der Waals surface area contributed by atoms with Crippen molar-refractivity contribution in [2.24, 2.45) is 5.73 Å². The van der Waals surface area contributed by atoms with Crippen LogP contribution in [0.2, 0.25) is 0 Å². The van der Waals surface area contributed by atoms with Crippen molar-refractivity contribution in [2.75, 3.05) is 6.54 Å². The molecule has 0 saturated carbocycles. The second-order valence-electron chi connectivity index (χ2n) is 4.78. The largest absolute Gasteiger partial charge is 0.481 e. The van der Waals surface area contributed by atoms with E-state index in [4.69, 9.17) is 10.8 Å². The lowest BCUT2D eigenvalue weighted by molar-refractivity contribution is -0.140. The third kappa shape index (κ3) is 4.35. The molecule has 1 amide bonds. The number of nitrogens with two attached hydrogens (primary N) is 1. The number of carbonyl (C=O) groups is 2. The zero-order valence-corrected chi connectivity index (χ0v) is 12.0. The fourth-order valence-electron chi connectivity index (χ4n) is 2.29. The van der Waals surface area contributed by atoms with Crippen molar-refractivity contribution in [3.63, 3.8) is 0 Å². The number of amides is 1. The van der Waals surface area contributed by atoms with Gasteiger partial charge in [0.1, 0.15) is 0 Å².